The van der Waals surface area contributed by atoms with Crippen LogP contribution in [0.1, 0.15) is 5.56 Å². The molecule has 1 aliphatic carbocycles. The lowest BCUT2D eigenvalue weighted by Gasteiger charge is -2.42. The van der Waals surface area contributed by atoms with E-state index in [-0.39, 0.29) is 12.5 Å². The number of hydrogen-bond donors (Lipinski definition) is 1. The number of aliphatic imine (C=N–C) groups is 1. The molecule has 32 heavy (non-hydrogen) atoms. The number of methoxy groups -OCH3 is 2. The molecule has 8 nitrogen and oxygen atoms in total. The van der Waals surface area contributed by atoms with E-state index >= 15 is 0 Å². The molecule has 0 saturated carbocycles. The molecule has 4 rings (SSSR count). The Morgan fingerprint density at radius 1 is 1.16 bits per heavy atom. The SMILES string of the molecule is COC(=O)/N=C1\C=CC2=CC3=CN(C)C=C(O)N3C(COCc3ccccc3)C2=C1OC. The fraction of sp³-hybridized carbons (Fsp3) is 0.250. The molecule has 1 atom stereocenters. The third-order valence-electron chi connectivity index (χ3n) is 5.32. The number of rotatable bonds is 5. The quantitative estimate of drug-likeness (QED) is 0.756. The average Bonchev–Trinajstić information content (AvgIpc) is 2.79. The van der Waals surface area contributed by atoms with E-state index in [1.807, 2.05) is 55.7 Å². The minimum Gasteiger partial charge on any atom is -0.494 e. The first-order chi connectivity index (χ1) is 15.5. The van der Waals surface area contributed by atoms with Crippen LogP contribution in [0.5, 0.6) is 0 Å². The first-order valence-electron chi connectivity index (χ1n) is 10.1. The Bertz CT molecular complexity index is 1080. The molecule has 1 amide bonds. The molecule has 0 aromatic heterocycles. The fourth-order valence-corrected chi connectivity index (χ4v) is 3.96. The molecular weight excluding hydrogens is 410 g/mol. The van der Waals surface area contributed by atoms with Gasteiger partial charge in [0.1, 0.15) is 5.71 Å². The van der Waals surface area contributed by atoms with Crippen LogP contribution in [0.3, 0.4) is 0 Å². The van der Waals surface area contributed by atoms with Gasteiger partial charge in [-0.15, -0.1) is 0 Å². The van der Waals surface area contributed by atoms with Crippen molar-refractivity contribution in [2.24, 2.45) is 4.99 Å². The van der Waals surface area contributed by atoms with Gasteiger partial charge in [-0.05, 0) is 23.3 Å². The van der Waals surface area contributed by atoms with Crippen LogP contribution in [0.15, 0.2) is 94.4 Å². The van der Waals surface area contributed by atoms with E-state index in [9.17, 15) is 9.90 Å². The van der Waals surface area contributed by atoms with Crippen molar-refractivity contribution in [2.75, 3.05) is 27.9 Å². The van der Waals surface area contributed by atoms with E-state index in [1.54, 1.807) is 22.1 Å². The highest BCUT2D eigenvalue weighted by atomic mass is 16.5. The normalized spacial score (nSPS) is 20.9. The van der Waals surface area contributed by atoms with Gasteiger partial charge in [0.05, 0.1) is 45.4 Å². The van der Waals surface area contributed by atoms with Gasteiger partial charge in [0.2, 0.25) is 5.88 Å². The molecule has 1 aromatic rings. The first kappa shape index (κ1) is 21.5. The molecule has 0 saturated heterocycles. The third kappa shape index (κ3) is 4.17. The second-order valence-electron chi connectivity index (χ2n) is 7.44. The number of carbonyl (C=O) groups is 1. The fourth-order valence-electron chi connectivity index (χ4n) is 3.96. The van der Waals surface area contributed by atoms with Crippen molar-refractivity contribution in [1.29, 1.82) is 0 Å². The van der Waals surface area contributed by atoms with Gasteiger partial charge >= 0.3 is 6.09 Å². The van der Waals surface area contributed by atoms with E-state index in [4.69, 9.17) is 9.47 Å². The Morgan fingerprint density at radius 3 is 2.66 bits per heavy atom. The molecule has 0 bridgehead atoms. The predicted octanol–water partition coefficient (Wildman–Crippen LogP) is 3.64. The monoisotopic (exact) mass is 435 g/mol. The van der Waals surface area contributed by atoms with Crippen molar-refractivity contribution in [3.63, 3.8) is 0 Å². The predicted molar refractivity (Wildman–Crippen MR) is 119 cm³/mol. The smallest absolute Gasteiger partial charge is 0.433 e. The lowest BCUT2D eigenvalue weighted by molar-refractivity contribution is 0.0650. The number of carbonyl (C=O) groups excluding carboxylic acids is 1. The Labute approximate surface area is 186 Å². The zero-order valence-electron chi connectivity index (χ0n) is 18.2. The summed E-state index contributed by atoms with van der Waals surface area (Å²) in [5.41, 5.74) is 3.87. The van der Waals surface area contributed by atoms with Crippen LogP contribution in [0.2, 0.25) is 0 Å². The van der Waals surface area contributed by atoms with Crippen molar-refractivity contribution in [3.8, 4) is 0 Å². The molecule has 0 spiro atoms. The molecule has 8 heteroatoms. The molecule has 3 aliphatic rings. The van der Waals surface area contributed by atoms with Crippen LogP contribution in [0, 0.1) is 0 Å². The summed E-state index contributed by atoms with van der Waals surface area (Å²) in [5, 5.41) is 10.8. The maximum absolute atomic E-state index is 11.8. The number of nitrogens with zero attached hydrogens (tertiary/aromatic N) is 3. The number of aliphatic hydroxyl groups is 1. The number of aliphatic hydroxyl groups excluding tert-OH is 1. The van der Waals surface area contributed by atoms with Gasteiger partial charge in [0, 0.05) is 18.8 Å². The van der Waals surface area contributed by atoms with Crippen LogP contribution in [0.25, 0.3) is 0 Å². The molecule has 1 unspecified atom stereocenters. The molecule has 1 N–H and O–H groups in total. The molecule has 1 aromatic carbocycles. The summed E-state index contributed by atoms with van der Waals surface area (Å²) in [6.07, 6.45) is 8.37. The van der Waals surface area contributed by atoms with E-state index in [0.717, 1.165) is 22.4 Å². The summed E-state index contributed by atoms with van der Waals surface area (Å²) < 4.78 is 16.4. The number of fused-ring (bicyclic) bond motifs is 2. The second kappa shape index (κ2) is 9.15. The molecular formula is C24H25N3O5. The maximum Gasteiger partial charge on any atom is 0.433 e. The highest BCUT2D eigenvalue weighted by Gasteiger charge is 2.38. The lowest BCUT2D eigenvalue weighted by atomic mass is 9.86. The van der Waals surface area contributed by atoms with Gasteiger partial charge in [0.15, 0.2) is 5.76 Å². The van der Waals surface area contributed by atoms with Gasteiger partial charge in [-0.2, -0.15) is 4.99 Å². The molecule has 2 aliphatic heterocycles. The Kier molecular flexibility index (Phi) is 6.13. The number of allylic oxidation sites excluding steroid dienone is 3. The van der Waals surface area contributed by atoms with Crippen molar-refractivity contribution >= 4 is 11.8 Å². The van der Waals surface area contributed by atoms with Crippen LogP contribution in [-0.4, -0.2) is 60.6 Å². The Hall–Kier alpha value is -3.78. The van der Waals surface area contributed by atoms with E-state index in [1.165, 1.54) is 14.2 Å². The summed E-state index contributed by atoms with van der Waals surface area (Å²) >= 11 is 0. The summed E-state index contributed by atoms with van der Waals surface area (Å²) in [7, 11) is 4.65. The topological polar surface area (TPSA) is 83.8 Å². The van der Waals surface area contributed by atoms with Gasteiger partial charge in [-0.3, -0.25) is 0 Å². The minimum absolute atomic E-state index is 0.0811. The van der Waals surface area contributed by atoms with Gasteiger partial charge in [-0.1, -0.05) is 36.4 Å². The third-order valence-corrected chi connectivity index (χ3v) is 5.32. The minimum atomic E-state index is -0.720. The Balaban J connectivity index is 1.74. The maximum atomic E-state index is 11.8. The van der Waals surface area contributed by atoms with E-state index in [0.29, 0.717) is 18.1 Å². The first-order valence-corrected chi connectivity index (χ1v) is 10.1. The lowest BCUT2D eigenvalue weighted by Crippen LogP contribution is -2.45. The van der Waals surface area contributed by atoms with Crippen molar-refractivity contribution < 1.29 is 24.1 Å². The van der Waals surface area contributed by atoms with Gasteiger partial charge < -0.3 is 29.1 Å². The second-order valence-corrected chi connectivity index (χ2v) is 7.44. The summed E-state index contributed by atoms with van der Waals surface area (Å²) in [5.74, 6) is 0.515. The molecule has 0 fully saturated rings. The van der Waals surface area contributed by atoms with E-state index < -0.39 is 12.1 Å². The van der Waals surface area contributed by atoms with Crippen molar-refractivity contribution in [1.82, 2.24) is 9.80 Å². The van der Waals surface area contributed by atoms with Crippen LogP contribution in [0.4, 0.5) is 4.79 Å². The highest BCUT2D eigenvalue weighted by molar-refractivity contribution is 6.13. The van der Waals surface area contributed by atoms with Crippen molar-refractivity contribution in [3.05, 3.63) is 95.0 Å². The molecule has 2 heterocycles. The zero-order valence-corrected chi connectivity index (χ0v) is 18.2. The number of amides is 1. The van der Waals surface area contributed by atoms with Crippen molar-refractivity contribution in [2.45, 2.75) is 12.6 Å². The molecule has 0 radical (unpaired) electrons. The van der Waals surface area contributed by atoms with Gasteiger partial charge in [-0.25, -0.2) is 4.79 Å². The largest absolute Gasteiger partial charge is 0.494 e. The Morgan fingerprint density at radius 2 is 1.94 bits per heavy atom. The van der Waals surface area contributed by atoms with E-state index in [2.05, 4.69) is 9.73 Å². The highest BCUT2D eigenvalue weighted by Crippen LogP contribution is 2.39. The van der Waals surface area contributed by atoms with Crippen LogP contribution < -0.4 is 0 Å². The average molecular weight is 435 g/mol. The zero-order chi connectivity index (χ0) is 22.7. The van der Waals surface area contributed by atoms with Crippen LogP contribution in [-0.2, 0) is 20.8 Å². The van der Waals surface area contributed by atoms with Gasteiger partial charge in [0.25, 0.3) is 0 Å². The summed E-state index contributed by atoms with van der Waals surface area (Å²) in [6, 6.07) is 9.46. The number of hydrogen-bond acceptors (Lipinski definition) is 7. The standard InChI is InChI=1S/C24H25N3O5/c1-26-12-18-11-17-9-10-19(25-24(29)31-3)23(30-2)22(17)20(27(18)21(28)13-26)15-32-14-16-7-5-4-6-8-16/h4-13,20,28H,14-15H2,1-3H3/b25-19+. The van der Waals surface area contributed by atoms with Crippen LogP contribution >= 0.6 is 0 Å². The number of ether oxygens (including phenoxy) is 3. The number of benzene rings is 1. The molecule has 166 valence electrons. The summed E-state index contributed by atoms with van der Waals surface area (Å²) in [4.78, 5) is 19.4. The summed E-state index contributed by atoms with van der Waals surface area (Å²) in [6.45, 7) is 0.689.